The first-order valence-electron chi connectivity index (χ1n) is 10.5. The van der Waals surface area contributed by atoms with Crippen molar-refractivity contribution in [2.75, 3.05) is 13.2 Å². The Hall–Kier alpha value is -4.20. The minimum absolute atomic E-state index is 0.0423. The van der Waals surface area contributed by atoms with Gasteiger partial charge < -0.3 is 15.2 Å². The summed E-state index contributed by atoms with van der Waals surface area (Å²) in [5, 5.41) is 23.0. The molecule has 0 fully saturated rings. The van der Waals surface area contributed by atoms with Crippen molar-refractivity contribution in [2.24, 2.45) is 5.92 Å². The first-order chi connectivity index (χ1) is 15.9. The van der Waals surface area contributed by atoms with E-state index in [-0.39, 0.29) is 31.2 Å². The molecular formula is C25H22N2O6. The Bertz CT molecular complexity index is 1160. The van der Waals surface area contributed by atoms with Crippen LogP contribution in [0.3, 0.4) is 0 Å². The Balaban J connectivity index is 1.36. The number of amides is 1. The van der Waals surface area contributed by atoms with Crippen LogP contribution in [0.1, 0.15) is 22.6 Å². The highest BCUT2D eigenvalue weighted by Gasteiger charge is 2.29. The predicted molar refractivity (Wildman–Crippen MR) is 121 cm³/mol. The first kappa shape index (κ1) is 22.0. The molecule has 33 heavy (non-hydrogen) atoms. The van der Waals surface area contributed by atoms with Crippen LogP contribution >= 0.6 is 0 Å². The van der Waals surface area contributed by atoms with E-state index in [0.717, 1.165) is 22.3 Å². The second kappa shape index (κ2) is 9.52. The summed E-state index contributed by atoms with van der Waals surface area (Å²) in [5.41, 5.74) is 4.79. The van der Waals surface area contributed by atoms with Crippen molar-refractivity contribution in [3.05, 3.63) is 99.6 Å². The van der Waals surface area contributed by atoms with E-state index in [4.69, 9.17) is 4.74 Å². The molecule has 8 heteroatoms. The van der Waals surface area contributed by atoms with Crippen LogP contribution in [0.5, 0.6) is 0 Å². The van der Waals surface area contributed by atoms with Crippen LogP contribution in [0.15, 0.2) is 72.8 Å². The van der Waals surface area contributed by atoms with E-state index < -0.39 is 22.9 Å². The number of alkyl carbamates (subject to hydrolysis) is 1. The summed E-state index contributed by atoms with van der Waals surface area (Å²) in [6.07, 6.45) is -0.664. The molecule has 0 aromatic heterocycles. The average Bonchev–Trinajstić information content (AvgIpc) is 3.14. The molecule has 0 saturated carbocycles. The van der Waals surface area contributed by atoms with Gasteiger partial charge in [0.05, 0.1) is 10.8 Å². The van der Waals surface area contributed by atoms with E-state index >= 15 is 0 Å². The maximum Gasteiger partial charge on any atom is 0.407 e. The van der Waals surface area contributed by atoms with Crippen LogP contribution in [0.2, 0.25) is 0 Å². The van der Waals surface area contributed by atoms with Crippen molar-refractivity contribution < 1.29 is 24.4 Å². The zero-order valence-corrected chi connectivity index (χ0v) is 17.6. The number of carboxylic acids is 1. The predicted octanol–water partition coefficient (Wildman–Crippen LogP) is 4.38. The van der Waals surface area contributed by atoms with Gasteiger partial charge in [0, 0.05) is 24.6 Å². The molecule has 1 amide bonds. The van der Waals surface area contributed by atoms with Gasteiger partial charge >= 0.3 is 12.1 Å². The summed E-state index contributed by atoms with van der Waals surface area (Å²) in [7, 11) is 0. The molecule has 1 aliphatic carbocycles. The Morgan fingerprint density at radius 3 is 2.24 bits per heavy atom. The summed E-state index contributed by atoms with van der Waals surface area (Å²) in [6.45, 7) is -0.0306. The van der Waals surface area contributed by atoms with Crippen molar-refractivity contribution in [1.82, 2.24) is 5.32 Å². The molecule has 2 N–H and O–H groups in total. The van der Waals surface area contributed by atoms with Gasteiger partial charge in [0.25, 0.3) is 5.69 Å². The van der Waals surface area contributed by atoms with Crippen molar-refractivity contribution in [2.45, 2.75) is 12.3 Å². The monoisotopic (exact) mass is 446 g/mol. The van der Waals surface area contributed by atoms with Crippen molar-refractivity contribution in [3.63, 3.8) is 0 Å². The number of nitro groups is 1. The number of carbonyl (C=O) groups is 2. The minimum Gasteiger partial charge on any atom is -0.481 e. The van der Waals surface area contributed by atoms with Crippen LogP contribution in [0.25, 0.3) is 11.1 Å². The summed E-state index contributed by atoms with van der Waals surface area (Å²) in [6, 6.07) is 21.8. The molecular weight excluding hydrogens is 424 g/mol. The maximum atomic E-state index is 12.3. The lowest BCUT2D eigenvalue weighted by molar-refractivity contribution is -0.384. The third kappa shape index (κ3) is 4.85. The molecule has 168 valence electrons. The maximum absolute atomic E-state index is 12.3. The van der Waals surface area contributed by atoms with Gasteiger partial charge in [0.15, 0.2) is 0 Å². The lowest BCUT2D eigenvalue weighted by Gasteiger charge is -2.16. The normalized spacial score (nSPS) is 13.0. The van der Waals surface area contributed by atoms with Gasteiger partial charge in [-0.15, -0.1) is 0 Å². The lowest BCUT2D eigenvalue weighted by Crippen LogP contribution is -2.35. The van der Waals surface area contributed by atoms with Gasteiger partial charge in [-0.3, -0.25) is 14.9 Å². The SMILES string of the molecule is O=C(NC[C@H](Cc1cccc([N+](=O)[O-])c1)C(=O)O)OCC1c2ccccc2-c2ccccc21. The molecule has 4 rings (SSSR count). The van der Waals surface area contributed by atoms with E-state index in [0.29, 0.717) is 5.56 Å². The summed E-state index contributed by atoms with van der Waals surface area (Å²) in [5.74, 6) is -2.16. The molecule has 0 saturated heterocycles. The van der Waals surface area contributed by atoms with E-state index in [2.05, 4.69) is 5.32 Å². The van der Waals surface area contributed by atoms with Crippen LogP contribution in [-0.2, 0) is 16.0 Å². The number of rotatable bonds is 8. The zero-order valence-electron chi connectivity index (χ0n) is 17.6. The molecule has 0 aliphatic heterocycles. The summed E-state index contributed by atoms with van der Waals surface area (Å²) < 4.78 is 5.44. The molecule has 3 aromatic carbocycles. The number of carboxylic acid groups (broad SMARTS) is 1. The largest absolute Gasteiger partial charge is 0.481 e. The van der Waals surface area contributed by atoms with Gasteiger partial charge in [0.1, 0.15) is 6.61 Å². The zero-order chi connectivity index (χ0) is 23.4. The van der Waals surface area contributed by atoms with E-state index in [1.807, 2.05) is 48.5 Å². The highest BCUT2D eigenvalue weighted by Crippen LogP contribution is 2.44. The van der Waals surface area contributed by atoms with Gasteiger partial charge in [-0.25, -0.2) is 4.79 Å². The van der Waals surface area contributed by atoms with Crippen LogP contribution in [0, 0.1) is 16.0 Å². The Morgan fingerprint density at radius 1 is 1.00 bits per heavy atom. The minimum atomic E-state index is -1.11. The third-order valence-corrected chi connectivity index (χ3v) is 5.79. The second-order valence-electron chi connectivity index (χ2n) is 7.87. The lowest BCUT2D eigenvalue weighted by atomic mass is 9.98. The molecule has 8 nitrogen and oxygen atoms in total. The van der Waals surface area contributed by atoms with Crippen molar-refractivity contribution in [3.8, 4) is 11.1 Å². The molecule has 1 aliphatic rings. The van der Waals surface area contributed by atoms with Crippen molar-refractivity contribution in [1.29, 1.82) is 0 Å². The molecule has 0 unspecified atom stereocenters. The Morgan fingerprint density at radius 2 is 1.64 bits per heavy atom. The highest BCUT2D eigenvalue weighted by molar-refractivity contribution is 5.79. The standard InChI is InChI=1S/C25H22N2O6/c28-24(29)17(12-16-6-5-7-18(13-16)27(31)32)14-26-25(30)33-15-23-21-10-3-1-8-19(21)20-9-2-4-11-22(20)23/h1-11,13,17,23H,12,14-15H2,(H,26,30)(H,28,29)/t17-/m0/s1. The van der Waals surface area contributed by atoms with Crippen LogP contribution < -0.4 is 5.32 Å². The number of ether oxygens (including phenoxy) is 1. The van der Waals surface area contributed by atoms with E-state index in [9.17, 15) is 24.8 Å². The van der Waals surface area contributed by atoms with Gasteiger partial charge in [-0.05, 0) is 34.2 Å². The number of non-ortho nitro benzene ring substituents is 1. The number of benzene rings is 3. The molecule has 0 radical (unpaired) electrons. The Kier molecular flexibility index (Phi) is 6.35. The van der Waals surface area contributed by atoms with Gasteiger partial charge in [-0.2, -0.15) is 0 Å². The molecule has 1 atom stereocenters. The fourth-order valence-corrected chi connectivity index (χ4v) is 4.18. The fourth-order valence-electron chi connectivity index (χ4n) is 4.18. The number of aliphatic carboxylic acids is 1. The average molecular weight is 446 g/mol. The number of nitrogens with one attached hydrogen (secondary N) is 1. The smallest absolute Gasteiger partial charge is 0.407 e. The number of hydrogen-bond acceptors (Lipinski definition) is 5. The van der Waals surface area contributed by atoms with Crippen molar-refractivity contribution >= 4 is 17.7 Å². The summed E-state index contributed by atoms with van der Waals surface area (Å²) in [4.78, 5) is 34.4. The topological polar surface area (TPSA) is 119 Å². The Labute approximate surface area is 190 Å². The fraction of sp³-hybridized carbons (Fsp3) is 0.200. The first-order valence-corrected chi connectivity index (χ1v) is 10.5. The van der Waals surface area contributed by atoms with Crippen LogP contribution in [-0.4, -0.2) is 35.2 Å². The van der Waals surface area contributed by atoms with Gasteiger partial charge in [0.2, 0.25) is 0 Å². The molecule has 0 bridgehead atoms. The number of nitro benzene ring substituents is 1. The second-order valence-corrected chi connectivity index (χ2v) is 7.87. The highest BCUT2D eigenvalue weighted by atomic mass is 16.6. The number of carbonyl (C=O) groups excluding carboxylic acids is 1. The summed E-state index contributed by atoms with van der Waals surface area (Å²) >= 11 is 0. The van der Waals surface area contributed by atoms with Crippen LogP contribution in [0.4, 0.5) is 10.5 Å². The van der Waals surface area contributed by atoms with E-state index in [1.54, 1.807) is 6.07 Å². The van der Waals surface area contributed by atoms with E-state index in [1.165, 1.54) is 18.2 Å². The number of fused-ring (bicyclic) bond motifs is 3. The molecule has 0 heterocycles. The number of nitrogens with zero attached hydrogens (tertiary/aromatic N) is 1. The third-order valence-electron chi connectivity index (χ3n) is 5.79. The molecule has 0 spiro atoms. The van der Waals surface area contributed by atoms with Gasteiger partial charge in [-0.1, -0.05) is 60.7 Å². The molecule has 3 aromatic rings. The quantitative estimate of drug-likeness (QED) is 0.392. The number of hydrogen-bond donors (Lipinski definition) is 2.